The van der Waals surface area contributed by atoms with Gasteiger partial charge in [-0.1, -0.05) is 31.5 Å². The van der Waals surface area contributed by atoms with Crippen LogP contribution in [0, 0.1) is 0 Å². The van der Waals surface area contributed by atoms with Crippen LogP contribution in [0.1, 0.15) is 31.4 Å². The van der Waals surface area contributed by atoms with Crippen molar-refractivity contribution in [1.82, 2.24) is 5.32 Å². The van der Waals surface area contributed by atoms with E-state index in [4.69, 9.17) is 0 Å². The van der Waals surface area contributed by atoms with E-state index >= 15 is 0 Å². The molecule has 1 rings (SSSR count). The molecule has 1 atom stereocenters. The molecule has 0 amide bonds. The minimum Gasteiger partial charge on any atom is -0.508 e. The number of aliphatic hydroxyl groups excluding tert-OH is 1. The molecule has 0 fully saturated rings. The number of rotatable bonds is 6. The van der Waals surface area contributed by atoms with Crippen molar-refractivity contribution in [2.45, 2.75) is 25.9 Å². The van der Waals surface area contributed by atoms with Gasteiger partial charge in [-0.3, -0.25) is 0 Å². The first-order valence-corrected chi connectivity index (χ1v) is 5.42. The summed E-state index contributed by atoms with van der Waals surface area (Å²) in [6.45, 7) is 3.51. The van der Waals surface area contributed by atoms with E-state index in [2.05, 4.69) is 12.2 Å². The Morgan fingerprint density at radius 2 is 2.07 bits per heavy atom. The van der Waals surface area contributed by atoms with Gasteiger partial charge in [0.1, 0.15) is 5.75 Å². The van der Waals surface area contributed by atoms with Crippen LogP contribution in [-0.4, -0.2) is 23.3 Å². The highest BCUT2D eigenvalue weighted by Crippen LogP contribution is 2.22. The third-order valence-electron chi connectivity index (χ3n) is 2.34. The average molecular weight is 209 g/mol. The lowest BCUT2D eigenvalue weighted by atomic mass is 10.1. The van der Waals surface area contributed by atoms with E-state index in [-0.39, 0.29) is 5.75 Å². The van der Waals surface area contributed by atoms with Gasteiger partial charge in [-0.2, -0.15) is 0 Å². The summed E-state index contributed by atoms with van der Waals surface area (Å²) < 4.78 is 0. The Morgan fingerprint density at radius 1 is 1.33 bits per heavy atom. The molecule has 3 N–H and O–H groups in total. The number of para-hydroxylation sites is 1. The number of aliphatic hydroxyl groups is 1. The molecule has 15 heavy (non-hydrogen) atoms. The van der Waals surface area contributed by atoms with Gasteiger partial charge in [0.15, 0.2) is 0 Å². The summed E-state index contributed by atoms with van der Waals surface area (Å²) in [5, 5.41) is 22.4. The molecule has 1 aromatic carbocycles. The molecule has 0 bridgehead atoms. The molecule has 0 aliphatic heterocycles. The van der Waals surface area contributed by atoms with Crippen molar-refractivity contribution in [1.29, 1.82) is 0 Å². The first-order valence-electron chi connectivity index (χ1n) is 5.42. The van der Waals surface area contributed by atoms with Gasteiger partial charge in [-0.15, -0.1) is 0 Å². The van der Waals surface area contributed by atoms with E-state index < -0.39 is 6.10 Å². The van der Waals surface area contributed by atoms with Crippen LogP contribution in [0.25, 0.3) is 0 Å². The average Bonchev–Trinajstić information content (AvgIpc) is 2.25. The van der Waals surface area contributed by atoms with Crippen LogP contribution >= 0.6 is 0 Å². The maximum Gasteiger partial charge on any atom is 0.121 e. The molecule has 0 aromatic heterocycles. The number of phenolic OH excluding ortho intramolecular Hbond substituents is 1. The first-order chi connectivity index (χ1) is 7.25. The smallest absolute Gasteiger partial charge is 0.121 e. The Hall–Kier alpha value is -1.06. The van der Waals surface area contributed by atoms with E-state index in [0.717, 1.165) is 19.4 Å². The summed E-state index contributed by atoms with van der Waals surface area (Å²) >= 11 is 0. The van der Waals surface area contributed by atoms with Crippen LogP contribution in [0.2, 0.25) is 0 Å². The largest absolute Gasteiger partial charge is 0.508 e. The minimum absolute atomic E-state index is 0.155. The maximum absolute atomic E-state index is 9.78. The SMILES string of the molecule is CCCCNCC(O)c1ccccc1O. The monoisotopic (exact) mass is 209 g/mol. The Bertz CT molecular complexity index is 289. The number of aromatic hydroxyl groups is 1. The predicted octanol–water partition coefficient (Wildman–Crippen LogP) is 1.82. The number of hydrogen-bond acceptors (Lipinski definition) is 3. The molecule has 84 valence electrons. The second-order valence-corrected chi connectivity index (χ2v) is 3.63. The van der Waals surface area contributed by atoms with Gasteiger partial charge in [-0.25, -0.2) is 0 Å². The Kier molecular flexibility index (Phi) is 5.15. The third-order valence-corrected chi connectivity index (χ3v) is 2.34. The van der Waals surface area contributed by atoms with Gasteiger partial charge in [0.2, 0.25) is 0 Å². The van der Waals surface area contributed by atoms with Crippen molar-refractivity contribution < 1.29 is 10.2 Å². The zero-order valence-corrected chi connectivity index (χ0v) is 9.11. The first kappa shape index (κ1) is 12.0. The zero-order valence-electron chi connectivity index (χ0n) is 9.11. The van der Waals surface area contributed by atoms with Gasteiger partial charge in [0, 0.05) is 12.1 Å². The predicted molar refractivity (Wildman–Crippen MR) is 60.8 cm³/mol. The molecule has 1 aromatic rings. The summed E-state index contributed by atoms with van der Waals surface area (Å²) in [5.74, 6) is 0.155. The topological polar surface area (TPSA) is 52.5 Å². The van der Waals surface area contributed by atoms with Gasteiger partial charge in [0.25, 0.3) is 0 Å². The fraction of sp³-hybridized carbons (Fsp3) is 0.500. The molecule has 0 saturated heterocycles. The van der Waals surface area contributed by atoms with Gasteiger partial charge in [-0.05, 0) is 19.0 Å². The second kappa shape index (κ2) is 6.43. The summed E-state index contributed by atoms with van der Waals surface area (Å²) in [6, 6.07) is 6.88. The van der Waals surface area contributed by atoms with Crippen molar-refractivity contribution in [3.05, 3.63) is 29.8 Å². The van der Waals surface area contributed by atoms with Gasteiger partial charge in [0.05, 0.1) is 6.10 Å². The Labute approximate surface area is 90.8 Å². The van der Waals surface area contributed by atoms with E-state index in [9.17, 15) is 10.2 Å². The van der Waals surface area contributed by atoms with Gasteiger partial charge >= 0.3 is 0 Å². The molecular formula is C12H19NO2. The van der Waals surface area contributed by atoms with Crippen LogP contribution in [0.15, 0.2) is 24.3 Å². The number of benzene rings is 1. The fourth-order valence-corrected chi connectivity index (χ4v) is 1.42. The summed E-state index contributed by atoms with van der Waals surface area (Å²) in [6.07, 6.45) is 1.61. The molecule has 0 radical (unpaired) electrons. The molecule has 1 unspecified atom stereocenters. The van der Waals surface area contributed by atoms with E-state index in [0.29, 0.717) is 12.1 Å². The van der Waals surface area contributed by atoms with Crippen molar-refractivity contribution >= 4 is 0 Å². The molecule has 3 heteroatoms. The molecule has 3 nitrogen and oxygen atoms in total. The number of hydrogen-bond donors (Lipinski definition) is 3. The quantitative estimate of drug-likeness (QED) is 0.626. The Morgan fingerprint density at radius 3 is 2.73 bits per heavy atom. The minimum atomic E-state index is -0.636. The van der Waals surface area contributed by atoms with E-state index in [1.54, 1.807) is 18.2 Å². The number of phenols is 1. The van der Waals surface area contributed by atoms with Crippen molar-refractivity contribution in [2.75, 3.05) is 13.1 Å². The second-order valence-electron chi connectivity index (χ2n) is 3.63. The lowest BCUT2D eigenvalue weighted by Crippen LogP contribution is -2.22. The highest BCUT2D eigenvalue weighted by Gasteiger charge is 2.10. The van der Waals surface area contributed by atoms with Crippen LogP contribution in [0.3, 0.4) is 0 Å². The Balaban J connectivity index is 2.40. The van der Waals surface area contributed by atoms with Crippen molar-refractivity contribution in [3.8, 4) is 5.75 Å². The standard InChI is InChI=1S/C12H19NO2/c1-2-3-8-13-9-12(15)10-6-4-5-7-11(10)14/h4-7,12-15H,2-3,8-9H2,1H3. The highest BCUT2D eigenvalue weighted by molar-refractivity contribution is 5.33. The van der Waals surface area contributed by atoms with Gasteiger partial charge < -0.3 is 15.5 Å². The fourth-order valence-electron chi connectivity index (χ4n) is 1.42. The van der Waals surface area contributed by atoms with Crippen LogP contribution in [0.4, 0.5) is 0 Å². The lowest BCUT2D eigenvalue weighted by Gasteiger charge is -2.13. The normalized spacial score (nSPS) is 12.7. The number of nitrogens with one attached hydrogen (secondary N) is 1. The van der Waals surface area contributed by atoms with Crippen LogP contribution < -0.4 is 5.32 Å². The molecule has 0 spiro atoms. The lowest BCUT2D eigenvalue weighted by molar-refractivity contribution is 0.171. The zero-order chi connectivity index (χ0) is 11.1. The van der Waals surface area contributed by atoms with E-state index in [1.165, 1.54) is 0 Å². The molecule has 0 aliphatic carbocycles. The van der Waals surface area contributed by atoms with Crippen LogP contribution in [0.5, 0.6) is 5.75 Å². The van der Waals surface area contributed by atoms with Crippen molar-refractivity contribution in [3.63, 3.8) is 0 Å². The third kappa shape index (κ3) is 3.90. The highest BCUT2D eigenvalue weighted by atomic mass is 16.3. The van der Waals surface area contributed by atoms with Crippen molar-refractivity contribution in [2.24, 2.45) is 0 Å². The molecule has 0 heterocycles. The van der Waals surface area contributed by atoms with Crippen LogP contribution in [-0.2, 0) is 0 Å². The molecule has 0 aliphatic rings. The molecule has 0 saturated carbocycles. The summed E-state index contributed by atoms with van der Waals surface area (Å²) in [4.78, 5) is 0. The summed E-state index contributed by atoms with van der Waals surface area (Å²) in [7, 11) is 0. The van der Waals surface area contributed by atoms with E-state index in [1.807, 2.05) is 6.07 Å². The number of unbranched alkanes of at least 4 members (excludes halogenated alkanes) is 1. The molecular weight excluding hydrogens is 190 g/mol. The maximum atomic E-state index is 9.78. The summed E-state index contributed by atoms with van der Waals surface area (Å²) in [5.41, 5.74) is 0.585.